The smallest absolute Gasteiger partial charge is 0.255 e. The van der Waals surface area contributed by atoms with Crippen LogP contribution in [0.25, 0.3) is 0 Å². The van der Waals surface area contributed by atoms with Crippen molar-refractivity contribution in [3.8, 4) is 11.8 Å². The molecule has 1 aromatic carbocycles. The van der Waals surface area contributed by atoms with Crippen LogP contribution in [0.15, 0.2) is 24.3 Å². The molecule has 21 heavy (non-hydrogen) atoms. The monoisotopic (exact) mass is 284 g/mol. The summed E-state index contributed by atoms with van der Waals surface area (Å²) in [5.74, 6) is 6.60. The lowest BCUT2D eigenvalue weighted by Crippen LogP contribution is -2.40. The van der Waals surface area contributed by atoms with Gasteiger partial charge < -0.3 is 10.6 Å². The first-order valence-electron chi connectivity index (χ1n) is 7.68. The van der Waals surface area contributed by atoms with Crippen LogP contribution in [0, 0.1) is 17.8 Å². The molecule has 3 nitrogen and oxygen atoms in total. The fourth-order valence-corrected chi connectivity index (χ4v) is 3.03. The molecule has 2 N–H and O–H groups in total. The summed E-state index contributed by atoms with van der Waals surface area (Å²) < 4.78 is 0. The van der Waals surface area contributed by atoms with E-state index >= 15 is 0 Å². The number of nitrogens with two attached hydrogens (primary N) is 1. The largest absolute Gasteiger partial charge is 0.339 e. The Bertz CT molecular complexity index is 556. The number of carbonyl (C=O) groups is 1. The molecule has 0 saturated heterocycles. The summed E-state index contributed by atoms with van der Waals surface area (Å²) in [6, 6.07) is 7.87. The van der Waals surface area contributed by atoms with Crippen LogP contribution < -0.4 is 5.73 Å². The summed E-state index contributed by atoms with van der Waals surface area (Å²) in [5, 5.41) is 0. The Kier molecular flexibility index (Phi) is 5.41. The Morgan fingerprint density at radius 1 is 1.38 bits per heavy atom. The van der Waals surface area contributed by atoms with E-state index in [0.29, 0.717) is 24.1 Å². The lowest BCUT2D eigenvalue weighted by atomic mass is 9.86. The van der Waals surface area contributed by atoms with Gasteiger partial charge in [-0.1, -0.05) is 43.7 Å². The minimum Gasteiger partial charge on any atom is -0.339 e. The van der Waals surface area contributed by atoms with E-state index in [1.54, 1.807) is 0 Å². The van der Waals surface area contributed by atoms with Crippen molar-refractivity contribution in [1.29, 1.82) is 0 Å². The number of rotatable bonds is 2. The van der Waals surface area contributed by atoms with Crippen LogP contribution in [0.5, 0.6) is 0 Å². The van der Waals surface area contributed by atoms with E-state index in [-0.39, 0.29) is 5.91 Å². The van der Waals surface area contributed by atoms with Crippen molar-refractivity contribution >= 4 is 5.91 Å². The first kappa shape index (κ1) is 15.6. The standard InChI is InChI=1S/C18H24N2O/c1-14-7-5-10-16(13-14)20(2)18(21)17-11-4-3-8-15(17)9-6-12-19/h3-4,8,11,14,16H,5,7,10,12-13,19H2,1-2H3. The number of nitrogens with zero attached hydrogens (tertiary/aromatic N) is 1. The van der Waals surface area contributed by atoms with E-state index in [0.717, 1.165) is 18.4 Å². The third-order valence-corrected chi connectivity index (χ3v) is 4.26. The average molecular weight is 284 g/mol. The van der Waals surface area contributed by atoms with E-state index in [4.69, 9.17) is 5.73 Å². The molecule has 1 saturated carbocycles. The molecule has 2 unspecified atom stereocenters. The Morgan fingerprint density at radius 2 is 2.14 bits per heavy atom. The van der Waals surface area contributed by atoms with E-state index in [1.165, 1.54) is 12.8 Å². The number of benzene rings is 1. The van der Waals surface area contributed by atoms with E-state index < -0.39 is 0 Å². The number of hydrogen-bond donors (Lipinski definition) is 1. The molecule has 0 aromatic heterocycles. The molecular weight excluding hydrogens is 260 g/mol. The first-order chi connectivity index (χ1) is 10.1. The van der Waals surface area contributed by atoms with Gasteiger partial charge in [0.15, 0.2) is 0 Å². The zero-order valence-electron chi connectivity index (χ0n) is 12.9. The van der Waals surface area contributed by atoms with E-state index in [2.05, 4.69) is 18.8 Å². The molecule has 3 heteroatoms. The van der Waals surface area contributed by atoms with Crippen molar-refractivity contribution in [3.05, 3.63) is 35.4 Å². The van der Waals surface area contributed by atoms with Crippen LogP contribution in [0.4, 0.5) is 0 Å². The third kappa shape index (κ3) is 3.86. The Hall–Kier alpha value is -1.79. The van der Waals surface area contributed by atoms with Crippen LogP contribution >= 0.6 is 0 Å². The van der Waals surface area contributed by atoms with Gasteiger partial charge in [0.25, 0.3) is 5.91 Å². The van der Waals surface area contributed by atoms with Gasteiger partial charge in [0.2, 0.25) is 0 Å². The second-order valence-electron chi connectivity index (χ2n) is 5.89. The SMILES string of the molecule is CC1CCCC(N(C)C(=O)c2ccccc2C#CCN)C1. The van der Waals surface area contributed by atoms with Gasteiger partial charge in [-0.05, 0) is 30.9 Å². The maximum absolute atomic E-state index is 12.8. The van der Waals surface area contributed by atoms with E-state index in [1.807, 2.05) is 36.2 Å². The average Bonchev–Trinajstić information content (AvgIpc) is 2.51. The summed E-state index contributed by atoms with van der Waals surface area (Å²) in [6.45, 7) is 2.57. The Labute approximate surface area is 127 Å². The summed E-state index contributed by atoms with van der Waals surface area (Å²) in [7, 11) is 1.91. The van der Waals surface area contributed by atoms with Gasteiger partial charge in [-0.15, -0.1) is 0 Å². The van der Waals surface area contributed by atoms with Crippen LogP contribution in [0.1, 0.15) is 48.5 Å². The highest BCUT2D eigenvalue weighted by Crippen LogP contribution is 2.27. The van der Waals surface area contributed by atoms with Gasteiger partial charge in [-0.2, -0.15) is 0 Å². The van der Waals surface area contributed by atoms with Gasteiger partial charge in [0.05, 0.1) is 12.1 Å². The highest BCUT2D eigenvalue weighted by Gasteiger charge is 2.26. The number of amides is 1. The topological polar surface area (TPSA) is 46.3 Å². The lowest BCUT2D eigenvalue weighted by Gasteiger charge is -2.34. The highest BCUT2D eigenvalue weighted by molar-refractivity contribution is 5.96. The predicted octanol–water partition coefficient (Wildman–Crippen LogP) is 2.65. The first-order valence-corrected chi connectivity index (χ1v) is 7.68. The molecule has 1 amide bonds. The predicted molar refractivity (Wildman–Crippen MR) is 85.9 cm³/mol. The van der Waals surface area contributed by atoms with Gasteiger partial charge >= 0.3 is 0 Å². The van der Waals surface area contributed by atoms with Gasteiger partial charge in [-0.3, -0.25) is 4.79 Å². The minimum absolute atomic E-state index is 0.0658. The summed E-state index contributed by atoms with van der Waals surface area (Å²) in [4.78, 5) is 14.7. The maximum Gasteiger partial charge on any atom is 0.255 e. The zero-order chi connectivity index (χ0) is 15.2. The normalized spacial score (nSPS) is 21.3. The lowest BCUT2D eigenvalue weighted by molar-refractivity contribution is 0.0672. The third-order valence-electron chi connectivity index (χ3n) is 4.26. The molecule has 0 radical (unpaired) electrons. The molecule has 1 aliphatic carbocycles. The van der Waals surface area contributed by atoms with Gasteiger partial charge in [0, 0.05) is 18.7 Å². The van der Waals surface area contributed by atoms with Crippen molar-refractivity contribution in [2.45, 2.75) is 38.6 Å². The molecule has 0 aliphatic heterocycles. The Morgan fingerprint density at radius 3 is 2.86 bits per heavy atom. The van der Waals surface area contributed by atoms with Gasteiger partial charge in [0.1, 0.15) is 0 Å². The summed E-state index contributed by atoms with van der Waals surface area (Å²) in [5.41, 5.74) is 6.87. The van der Waals surface area contributed by atoms with Crippen molar-refractivity contribution in [2.75, 3.05) is 13.6 Å². The van der Waals surface area contributed by atoms with Crippen LogP contribution in [0.2, 0.25) is 0 Å². The molecule has 2 rings (SSSR count). The van der Waals surface area contributed by atoms with Crippen LogP contribution in [-0.2, 0) is 0 Å². The highest BCUT2D eigenvalue weighted by atomic mass is 16.2. The molecule has 1 aliphatic rings. The molecule has 0 spiro atoms. The van der Waals surface area contributed by atoms with Gasteiger partial charge in [-0.25, -0.2) is 0 Å². The van der Waals surface area contributed by atoms with Crippen molar-refractivity contribution in [3.63, 3.8) is 0 Å². The van der Waals surface area contributed by atoms with E-state index in [9.17, 15) is 4.79 Å². The molecule has 0 heterocycles. The second-order valence-corrected chi connectivity index (χ2v) is 5.89. The molecule has 0 bridgehead atoms. The van der Waals surface area contributed by atoms with Crippen molar-refractivity contribution in [2.24, 2.45) is 11.7 Å². The maximum atomic E-state index is 12.8. The molecule has 1 fully saturated rings. The minimum atomic E-state index is 0.0658. The Balaban J connectivity index is 2.19. The van der Waals surface area contributed by atoms with Crippen molar-refractivity contribution < 1.29 is 4.79 Å². The van der Waals surface area contributed by atoms with Crippen LogP contribution in [-0.4, -0.2) is 30.4 Å². The number of hydrogen-bond acceptors (Lipinski definition) is 2. The summed E-state index contributed by atoms with van der Waals surface area (Å²) in [6.07, 6.45) is 4.68. The number of carbonyl (C=O) groups excluding carboxylic acids is 1. The quantitative estimate of drug-likeness (QED) is 0.849. The fraction of sp³-hybridized carbons (Fsp3) is 0.500. The molecule has 2 atom stereocenters. The summed E-state index contributed by atoms with van der Waals surface area (Å²) >= 11 is 0. The second kappa shape index (κ2) is 7.28. The molecular formula is C18H24N2O. The van der Waals surface area contributed by atoms with Crippen molar-refractivity contribution in [1.82, 2.24) is 4.90 Å². The zero-order valence-corrected chi connectivity index (χ0v) is 12.9. The fourth-order valence-electron chi connectivity index (χ4n) is 3.03. The molecule has 112 valence electrons. The van der Waals surface area contributed by atoms with Crippen LogP contribution in [0.3, 0.4) is 0 Å². The molecule has 1 aromatic rings.